The lowest BCUT2D eigenvalue weighted by atomic mass is 10.1. The van der Waals surface area contributed by atoms with Gasteiger partial charge in [-0.2, -0.15) is 15.6 Å². The third-order valence-corrected chi connectivity index (χ3v) is 2.88. The molecule has 0 fully saturated rings. The van der Waals surface area contributed by atoms with Crippen LogP contribution in [0.25, 0.3) is 11.6 Å². The molecule has 0 bridgehead atoms. The van der Waals surface area contributed by atoms with Gasteiger partial charge >= 0.3 is 0 Å². The summed E-state index contributed by atoms with van der Waals surface area (Å²) in [6.07, 6.45) is 1.54. The summed E-state index contributed by atoms with van der Waals surface area (Å²) in [4.78, 5) is 0. The largest absolute Gasteiger partial charge is 0.504 e. The lowest BCUT2D eigenvalue weighted by molar-refractivity contribution is 0.318. The molecular weight excluding hydrogens is 282 g/mol. The number of allylic oxidation sites excluding steroid dienone is 1. The number of nitriles is 2. The number of nitrogens with two attached hydrogens (primary N) is 1. The van der Waals surface area contributed by atoms with Gasteiger partial charge in [0.2, 0.25) is 0 Å². The molecule has 7 nitrogen and oxygen atoms in total. The molecule has 1 aromatic carbocycles. The van der Waals surface area contributed by atoms with Crippen LogP contribution in [0.15, 0.2) is 18.2 Å². The maximum absolute atomic E-state index is 9.67. The van der Waals surface area contributed by atoms with Crippen molar-refractivity contribution in [3.05, 3.63) is 35.0 Å². The normalized spacial score (nSPS) is 10.8. The van der Waals surface area contributed by atoms with Crippen molar-refractivity contribution in [1.29, 1.82) is 10.5 Å². The molecule has 7 heteroatoms. The van der Waals surface area contributed by atoms with Crippen LogP contribution < -0.4 is 10.5 Å². The molecule has 1 aromatic heterocycles. The van der Waals surface area contributed by atoms with E-state index in [1.165, 1.54) is 6.07 Å². The number of ether oxygens (including phenoxy) is 1. The number of hydrogen-bond donors (Lipinski definition) is 3. The highest BCUT2D eigenvalue weighted by Gasteiger charge is 2.15. The molecule has 0 aliphatic carbocycles. The second-order valence-corrected chi connectivity index (χ2v) is 4.30. The Kier molecular flexibility index (Phi) is 4.30. The molecule has 1 heterocycles. The number of benzene rings is 1. The Morgan fingerprint density at radius 2 is 2.27 bits per heavy atom. The van der Waals surface area contributed by atoms with Crippen molar-refractivity contribution in [2.24, 2.45) is 0 Å². The summed E-state index contributed by atoms with van der Waals surface area (Å²) in [5, 5.41) is 34.4. The molecular formula is C15H13N5O2. The van der Waals surface area contributed by atoms with Crippen molar-refractivity contribution in [2.75, 3.05) is 12.3 Å². The SMILES string of the molecule is CCOc1cc(C=C(C#N)c2n[nH]c(N)c2C#N)ccc1O. The lowest BCUT2D eigenvalue weighted by Gasteiger charge is -2.06. The van der Waals surface area contributed by atoms with Gasteiger partial charge in [-0.25, -0.2) is 0 Å². The number of rotatable bonds is 4. The Labute approximate surface area is 126 Å². The van der Waals surface area contributed by atoms with E-state index in [-0.39, 0.29) is 28.4 Å². The number of nitrogen functional groups attached to an aromatic ring is 1. The maximum Gasteiger partial charge on any atom is 0.161 e. The molecule has 0 radical (unpaired) electrons. The molecule has 2 aromatic rings. The van der Waals surface area contributed by atoms with Crippen molar-refractivity contribution in [3.63, 3.8) is 0 Å². The highest BCUT2D eigenvalue weighted by Crippen LogP contribution is 2.29. The number of hydrogen-bond acceptors (Lipinski definition) is 6. The Morgan fingerprint density at radius 3 is 2.91 bits per heavy atom. The summed E-state index contributed by atoms with van der Waals surface area (Å²) in [5.74, 6) is 0.439. The molecule has 4 N–H and O–H groups in total. The number of nitrogens with zero attached hydrogens (tertiary/aromatic N) is 3. The number of nitrogens with one attached hydrogen (secondary N) is 1. The predicted octanol–water partition coefficient (Wildman–Crippen LogP) is 2.03. The van der Waals surface area contributed by atoms with Gasteiger partial charge in [0.15, 0.2) is 11.5 Å². The summed E-state index contributed by atoms with van der Waals surface area (Å²) in [6.45, 7) is 2.20. The minimum atomic E-state index is 0.0132. The number of anilines is 1. The summed E-state index contributed by atoms with van der Waals surface area (Å²) in [5.41, 5.74) is 6.71. The lowest BCUT2D eigenvalue weighted by Crippen LogP contribution is -1.93. The second kappa shape index (κ2) is 6.33. The summed E-state index contributed by atoms with van der Waals surface area (Å²) in [6, 6.07) is 8.59. The van der Waals surface area contributed by atoms with E-state index in [9.17, 15) is 10.4 Å². The van der Waals surface area contributed by atoms with E-state index in [1.54, 1.807) is 25.1 Å². The molecule has 110 valence electrons. The fraction of sp³-hybridized carbons (Fsp3) is 0.133. The Hall–Kier alpha value is -3.45. The Balaban J connectivity index is 2.48. The van der Waals surface area contributed by atoms with E-state index in [0.29, 0.717) is 17.9 Å². The topological polar surface area (TPSA) is 132 Å². The van der Waals surface area contributed by atoms with Gasteiger partial charge in [-0.3, -0.25) is 5.10 Å². The van der Waals surface area contributed by atoms with E-state index < -0.39 is 0 Å². The predicted molar refractivity (Wildman–Crippen MR) is 80.5 cm³/mol. The van der Waals surface area contributed by atoms with Crippen molar-refractivity contribution in [2.45, 2.75) is 6.92 Å². The third-order valence-electron chi connectivity index (χ3n) is 2.88. The quantitative estimate of drug-likeness (QED) is 0.739. The first-order valence-corrected chi connectivity index (χ1v) is 6.42. The molecule has 0 unspecified atom stereocenters. The smallest absolute Gasteiger partial charge is 0.161 e. The highest BCUT2D eigenvalue weighted by molar-refractivity contribution is 5.91. The van der Waals surface area contributed by atoms with Crippen LogP contribution in [0.1, 0.15) is 23.7 Å². The number of phenolic OH excluding ortho intramolecular Hbond substituents is 1. The fourth-order valence-electron chi connectivity index (χ4n) is 1.88. The van der Waals surface area contributed by atoms with Crippen molar-refractivity contribution < 1.29 is 9.84 Å². The van der Waals surface area contributed by atoms with Crippen LogP contribution >= 0.6 is 0 Å². The average molecular weight is 295 g/mol. The zero-order valence-electron chi connectivity index (χ0n) is 11.8. The number of aromatic hydroxyl groups is 1. The van der Waals surface area contributed by atoms with Crippen LogP contribution in [0, 0.1) is 22.7 Å². The van der Waals surface area contributed by atoms with Gasteiger partial charge < -0.3 is 15.6 Å². The fourth-order valence-corrected chi connectivity index (χ4v) is 1.88. The van der Waals surface area contributed by atoms with Gasteiger partial charge in [0.1, 0.15) is 29.2 Å². The van der Waals surface area contributed by atoms with Gasteiger partial charge in [-0.1, -0.05) is 6.07 Å². The van der Waals surface area contributed by atoms with Crippen LogP contribution in [-0.4, -0.2) is 21.9 Å². The highest BCUT2D eigenvalue weighted by atomic mass is 16.5. The Morgan fingerprint density at radius 1 is 1.50 bits per heavy atom. The van der Waals surface area contributed by atoms with Crippen molar-refractivity contribution in [1.82, 2.24) is 10.2 Å². The van der Waals surface area contributed by atoms with Crippen molar-refractivity contribution >= 4 is 17.5 Å². The summed E-state index contributed by atoms with van der Waals surface area (Å²) < 4.78 is 5.29. The molecule has 0 aliphatic heterocycles. The van der Waals surface area contributed by atoms with E-state index in [0.717, 1.165) is 0 Å². The number of phenols is 1. The monoisotopic (exact) mass is 295 g/mol. The van der Waals surface area contributed by atoms with Crippen molar-refractivity contribution in [3.8, 4) is 23.6 Å². The maximum atomic E-state index is 9.67. The molecule has 0 aliphatic rings. The second-order valence-electron chi connectivity index (χ2n) is 4.30. The van der Waals surface area contributed by atoms with Gasteiger partial charge in [-0.15, -0.1) is 0 Å². The Bertz CT molecular complexity index is 808. The number of aromatic amines is 1. The zero-order valence-corrected chi connectivity index (χ0v) is 11.8. The van der Waals surface area contributed by atoms with E-state index in [4.69, 9.17) is 15.7 Å². The number of aromatic nitrogens is 2. The van der Waals surface area contributed by atoms with E-state index in [2.05, 4.69) is 10.2 Å². The summed E-state index contributed by atoms with van der Waals surface area (Å²) >= 11 is 0. The first kappa shape index (κ1) is 14.9. The molecule has 2 rings (SSSR count). The molecule has 0 atom stereocenters. The standard InChI is InChI=1S/C15H13N5O2/c1-2-22-13-6-9(3-4-12(13)21)5-10(7-16)14-11(8-17)15(18)20-19-14/h3-6,21H,2H2,1H3,(H3,18,19,20). The first-order valence-electron chi connectivity index (χ1n) is 6.42. The van der Waals surface area contributed by atoms with Gasteiger partial charge in [0.05, 0.1) is 12.2 Å². The third kappa shape index (κ3) is 2.84. The minimum absolute atomic E-state index is 0.0132. The number of H-pyrrole nitrogens is 1. The van der Waals surface area contributed by atoms with E-state index >= 15 is 0 Å². The zero-order chi connectivity index (χ0) is 16.1. The van der Waals surface area contributed by atoms with Gasteiger partial charge in [0.25, 0.3) is 0 Å². The van der Waals surface area contributed by atoms with Crippen LogP contribution in [0.3, 0.4) is 0 Å². The van der Waals surface area contributed by atoms with Crippen LogP contribution in [0.2, 0.25) is 0 Å². The van der Waals surface area contributed by atoms with Gasteiger partial charge in [-0.05, 0) is 30.7 Å². The van der Waals surface area contributed by atoms with E-state index in [1.807, 2.05) is 12.1 Å². The summed E-state index contributed by atoms with van der Waals surface area (Å²) in [7, 11) is 0. The van der Waals surface area contributed by atoms with Crippen LogP contribution in [0.5, 0.6) is 11.5 Å². The molecule has 0 amide bonds. The average Bonchev–Trinajstić information content (AvgIpc) is 2.89. The minimum Gasteiger partial charge on any atom is -0.504 e. The molecule has 0 spiro atoms. The molecule has 0 saturated carbocycles. The van der Waals surface area contributed by atoms with Crippen LogP contribution in [0.4, 0.5) is 5.82 Å². The molecule has 0 saturated heterocycles. The van der Waals surface area contributed by atoms with Crippen LogP contribution in [-0.2, 0) is 0 Å². The molecule has 22 heavy (non-hydrogen) atoms. The van der Waals surface area contributed by atoms with Gasteiger partial charge in [0, 0.05) is 0 Å². The first-order chi connectivity index (χ1) is 10.6.